The first-order chi connectivity index (χ1) is 9.80. The summed E-state index contributed by atoms with van der Waals surface area (Å²) in [4.78, 5) is 9.02. The summed E-state index contributed by atoms with van der Waals surface area (Å²) in [6, 6.07) is 0. The minimum atomic E-state index is 0.0917. The van der Waals surface area contributed by atoms with Crippen LogP contribution >= 0.6 is 0 Å². The zero-order valence-corrected chi connectivity index (χ0v) is 13.8. The Morgan fingerprint density at radius 1 is 1.24 bits per heavy atom. The quantitative estimate of drug-likeness (QED) is 0.434. The van der Waals surface area contributed by atoms with Gasteiger partial charge in [-0.2, -0.15) is 0 Å². The maximum Gasteiger partial charge on any atom is 0.148 e. The Morgan fingerprint density at radius 2 is 1.86 bits per heavy atom. The van der Waals surface area contributed by atoms with Gasteiger partial charge in [0, 0.05) is 24.6 Å². The number of nitrogens with two attached hydrogens (primary N) is 1. The van der Waals surface area contributed by atoms with Crippen molar-refractivity contribution in [2.75, 3.05) is 23.9 Å². The summed E-state index contributed by atoms with van der Waals surface area (Å²) in [7, 11) is 0. The van der Waals surface area contributed by atoms with Crippen molar-refractivity contribution in [2.45, 2.75) is 53.4 Å². The van der Waals surface area contributed by atoms with Crippen LogP contribution in [0.3, 0.4) is 0 Å². The lowest BCUT2D eigenvalue weighted by atomic mass is 9.88. The molecular formula is C15H29N5O. The molecule has 1 aromatic heterocycles. The molecule has 0 aliphatic carbocycles. The van der Waals surface area contributed by atoms with Crippen LogP contribution < -0.4 is 16.6 Å². The van der Waals surface area contributed by atoms with Crippen LogP contribution in [0.2, 0.25) is 0 Å². The fraction of sp³-hybridized carbons (Fsp3) is 0.733. The van der Waals surface area contributed by atoms with E-state index in [4.69, 9.17) is 10.9 Å². The first-order valence-corrected chi connectivity index (χ1v) is 7.50. The van der Waals surface area contributed by atoms with Gasteiger partial charge in [0.15, 0.2) is 0 Å². The number of rotatable bonds is 8. The third kappa shape index (κ3) is 5.13. The first kappa shape index (κ1) is 17.7. The van der Waals surface area contributed by atoms with Crippen LogP contribution in [0.25, 0.3) is 0 Å². The summed E-state index contributed by atoms with van der Waals surface area (Å²) in [5.41, 5.74) is 3.65. The fourth-order valence-electron chi connectivity index (χ4n) is 2.07. The number of aliphatic hydroxyl groups is 1. The number of nitrogen functional groups attached to an aromatic ring is 1. The number of hydrazine groups is 1. The van der Waals surface area contributed by atoms with E-state index in [2.05, 4.69) is 48.4 Å². The molecule has 6 nitrogen and oxygen atoms in total. The Hall–Kier alpha value is -1.40. The third-order valence-corrected chi connectivity index (χ3v) is 3.56. The second-order valence-electron chi connectivity index (χ2n) is 6.55. The van der Waals surface area contributed by atoms with Crippen LogP contribution in [0, 0.1) is 12.3 Å². The van der Waals surface area contributed by atoms with Gasteiger partial charge < -0.3 is 15.8 Å². The minimum absolute atomic E-state index is 0.0917. The fourth-order valence-corrected chi connectivity index (χ4v) is 2.07. The molecule has 1 rings (SSSR count). The average molecular weight is 295 g/mol. The maximum atomic E-state index is 8.96. The van der Waals surface area contributed by atoms with E-state index in [1.807, 2.05) is 6.92 Å². The van der Waals surface area contributed by atoms with Crippen LogP contribution in [-0.2, 0) is 0 Å². The van der Waals surface area contributed by atoms with Crippen molar-refractivity contribution in [3.05, 3.63) is 11.4 Å². The van der Waals surface area contributed by atoms with Crippen molar-refractivity contribution in [3.8, 4) is 0 Å². The summed E-state index contributed by atoms with van der Waals surface area (Å²) >= 11 is 0. The van der Waals surface area contributed by atoms with Gasteiger partial charge in [-0.3, -0.25) is 0 Å². The second kappa shape index (κ2) is 7.56. The number of aliphatic hydroxyl groups excluding tert-OH is 1. The minimum Gasteiger partial charge on any atom is -0.396 e. The zero-order valence-electron chi connectivity index (χ0n) is 13.8. The Kier molecular flexibility index (Phi) is 6.36. The Balaban J connectivity index is 2.89. The molecular weight excluding hydrogens is 266 g/mol. The van der Waals surface area contributed by atoms with Gasteiger partial charge in [0.05, 0.1) is 0 Å². The van der Waals surface area contributed by atoms with Crippen molar-refractivity contribution in [1.29, 1.82) is 0 Å². The number of aromatic nitrogens is 2. The highest BCUT2D eigenvalue weighted by Gasteiger charge is 2.19. The molecule has 0 radical (unpaired) electrons. The van der Waals surface area contributed by atoms with Crippen molar-refractivity contribution < 1.29 is 5.11 Å². The molecule has 0 aliphatic rings. The van der Waals surface area contributed by atoms with Gasteiger partial charge in [0.25, 0.3) is 0 Å². The smallest absolute Gasteiger partial charge is 0.148 e. The van der Waals surface area contributed by atoms with E-state index >= 15 is 0 Å². The lowest BCUT2D eigenvalue weighted by Gasteiger charge is -2.26. The molecule has 1 aromatic rings. The van der Waals surface area contributed by atoms with E-state index in [1.165, 1.54) is 0 Å². The van der Waals surface area contributed by atoms with Crippen molar-refractivity contribution in [2.24, 2.45) is 11.3 Å². The van der Waals surface area contributed by atoms with Gasteiger partial charge in [0.1, 0.15) is 17.5 Å². The van der Waals surface area contributed by atoms with Gasteiger partial charge in [0.2, 0.25) is 0 Å². The summed E-state index contributed by atoms with van der Waals surface area (Å²) in [6.45, 7) is 11.4. The number of anilines is 2. The largest absolute Gasteiger partial charge is 0.396 e. The van der Waals surface area contributed by atoms with Gasteiger partial charge in [-0.15, -0.1) is 0 Å². The van der Waals surface area contributed by atoms with Crippen LogP contribution in [0.1, 0.15) is 57.8 Å². The number of hydrogen-bond donors (Lipinski definition) is 4. The van der Waals surface area contributed by atoms with E-state index in [-0.39, 0.29) is 17.9 Å². The normalized spacial score (nSPS) is 11.8. The number of nitrogens with one attached hydrogen (secondary N) is 2. The monoisotopic (exact) mass is 295 g/mol. The lowest BCUT2D eigenvalue weighted by Crippen LogP contribution is -2.25. The van der Waals surface area contributed by atoms with Crippen molar-refractivity contribution in [1.82, 2.24) is 9.97 Å². The topological polar surface area (TPSA) is 96.1 Å². The SMILES string of the molecule is Cc1c(NN)nc(C(C)C)nc1NCC(C)(C)CCCO. The zero-order chi connectivity index (χ0) is 16.0. The first-order valence-electron chi connectivity index (χ1n) is 7.50. The van der Waals surface area contributed by atoms with E-state index in [9.17, 15) is 0 Å². The standard InChI is InChI=1S/C15H29N5O/c1-10(2)12-18-13(11(3)14(19-12)20-16)17-9-15(4,5)7-6-8-21/h10,21H,6-9,16H2,1-5H3,(H2,17,18,19,20). The van der Waals surface area contributed by atoms with E-state index in [1.54, 1.807) is 0 Å². The molecule has 120 valence electrons. The number of nitrogens with zero attached hydrogens (tertiary/aromatic N) is 2. The maximum absolute atomic E-state index is 8.96. The molecule has 6 heteroatoms. The molecule has 0 atom stereocenters. The third-order valence-electron chi connectivity index (χ3n) is 3.56. The molecule has 0 spiro atoms. The predicted octanol–water partition coefficient (Wildman–Crippen LogP) is 2.40. The average Bonchev–Trinajstić information content (AvgIpc) is 2.44. The molecule has 0 aliphatic heterocycles. The van der Waals surface area contributed by atoms with Crippen molar-refractivity contribution in [3.63, 3.8) is 0 Å². The summed E-state index contributed by atoms with van der Waals surface area (Å²) in [6.07, 6.45) is 1.77. The highest BCUT2D eigenvalue weighted by atomic mass is 16.2. The summed E-state index contributed by atoms with van der Waals surface area (Å²) in [5.74, 6) is 8.02. The lowest BCUT2D eigenvalue weighted by molar-refractivity contribution is 0.248. The number of hydrogen-bond acceptors (Lipinski definition) is 6. The Labute approximate surface area is 127 Å². The molecule has 0 aromatic carbocycles. The van der Waals surface area contributed by atoms with Gasteiger partial charge >= 0.3 is 0 Å². The van der Waals surface area contributed by atoms with Crippen molar-refractivity contribution >= 4 is 11.6 Å². The molecule has 0 saturated heterocycles. The second-order valence-corrected chi connectivity index (χ2v) is 6.55. The van der Waals surface area contributed by atoms with Crippen LogP contribution in [-0.4, -0.2) is 28.2 Å². The highest BCUT2D eigenvalue weighted by molar-refractivity contribution is 5.57. The predicted molar refractivity (Wildman–Crippen MR) is 87.3 cm³/mol. The van der Waals surface area contributed by atoms with Gasteiger partial charge in [-0.05, 0) is 25.2 Å². The Bertz CT molecular complexity index is 460. The summed E-state index contributed by atoms with van der Waals surface area (Å²) < 4.78 is 0. The van der Waals surface area contributed by atoms with Gasteiger partial charge in [-0.25, -0.2) is 15.8 Å². The van der Waals surface area contributed by atoms with Gasteiger partial charge in [-0.1, -0.05) is 27.7 Å². The van der Waals surface area contributed by atoms with Crippen LogP contribution in [0.15, 0.2) is 0 Å². The molecule has 0 fully saturated rings. The molecule has 0 amide bonds. The highest BCUT2D eigenvalue weighted by Crippen LogP contribution is 2.26. The molecule has 0 unspecified atom stereocenters. The molecule has 21 heavy (non-hydrogen) atoms. The molecule has 0 saturated carbocycles. The van der Waals surface area contributed by atoms with Crippen LogP contribution in [0.5, 0.6) is 0 Å². The van der Waals surface area contributed by atoms with Crippen LogP contribution in [0.4, 0.5) is 11.6 Å². The van der Waals surface area contributed by atoms with E-state index in [0.717, 1.165) is 36.6 Å². The molecule has 1 heterocycles. The molecule has 0 bridgehead atoms. The molecule has 5 N–H and O–H groups in total. The summed E-state index contributed by atoms with van der Waals surface area (Å²) in [5, 5.41) is 12.4. The van der Waals surface area contributed by atoms with E-state index in [0.29, 0.717) is 5.82 Å². The Morgan fingerprint density at radius 3 is 2.38 bits per heavy atom. The van der Waals surface area contributed by atoms with E-state index < -0.39 is 0 Å².